The Labute approximate surface area is 79.0 Å². The lowest BCUT2D eigenvalue weighted by molar-refractivity contribution is 0.586. The molecule has 0 N–H and O–H groups in total. The first-order chi connectivity index (χ1) is 6.66. The van der Waals surface area contributed by atoms with E-state index in [1.807, 2.05) is 0 Å². The molecule has 0 aliphatic carbocycles. The van der Waals surface area contributed by atoms with Crippen molar-refractivity contribution in [3.05, 3.63) is 42.0 Å². The van der Waals surface area contributed by atoms with Crippen LogP contribution in [-0.4, -0.2) is 14.8 Å². The summed E-state index contributed by atoms with van der Waals surface area (Å²) in [7, 11) is 0. The summed E-state index contributed by atoms with van der Waals surface area (Å²) in [6, 6.07) is 3.19. The van der Waals surface area contributed by atoms with E-state index in [1.54, 1.807) is 6.92 Å². The number of nitrogens with zero attached hydrogens (tertiary/aromatic N) is 3. The lowest BCUT2D eigenvalue weighted by Crippen LogP contribution is -1.99. The Morgan fingerprint density at radius 2 is 2.07 bits per heavy atom. The van der Waals surface area contributed by atoms with Crippen LogP contribution in [0, 0.1) is 18.6 Å². The third kappa shape index (κ3) is 1.48. The smallest absolute Gasteiger partial charge is 0.149 e. The van der Waals surface area contributed by atoms with Crippen molar-refractivity contribution in [1.29, 1.82) is 0 Å². The van der Waals surface area contributed by atoms with Crippen molar-refractivity contribution >= 4 is 0 Å². The Kier molecular flexibility index (Phi) is 1.99. The lowest BCUT2D eigenvalue weighted by atomic mass is 10.3. The van der Waals surface area contributed by atoms with E-state index in [0.29, 0.717) is 5.82 Å². The van der Waals surface area contributed by atoms with Gasteiger partial charge >= 0.3 is 0 Å². The fourth-order valence-corrected chi connectivity index (χ4v) is 1.12. The first-order valence-electron chi connectivity index (χ1n) is 4.00. The molecule has 3 nitrogen and oxygen atoms in total. The maximum Gasteiger partial charge on any atom is 0.149 e. The molecule has 0 bridgehead atoms. The van der Waals surface area contributed by atoms with Crippen LogP contribution in [0.2, 0.25) is 0 Å². The zero-order valence-corrected chi connectivity index (χ0v) is 7.41. The highest BCUT2D eigenvalue weighted by molar-refractivity contribution is 5.32. The van der Waals surface area contributed by atoms with E-state index in [0.717, 1.165) is 18.2 Å². The number of rotatable bonds is 1. The molecule has 0 fully saturated rings. The summed E-state index contributed by atoms with van der Waals surface area (Å²) in [5, 5.41) is 3.88. The topological polar surface area (TPSA) is 30.7 Å². The molecular formula is C9H7F2N3. The molecule has 5 heteroatoms. The Morgan fingerprint density at radius 3 is 2.71 bits per heavy atom. The van der Waals surface area contributed by atoms with Crippen LogP contribution in [0.25, 0.3) is 5.69 Å². The van der Waals surface area contributed by atoms with Crippen LogP contribution in [0.1, 0.15) is 5.82 Å². The van der Waals surface area contributed by atoms with Crippen LogP contribution in [0.15, 0.2) is 24.5 Å². The molecule has 1 aromatic carbocycles. The predicted octanol–water partition coefficient (Wildman–Crippen LogP) is 1.85. The van der Waals surface area contributed by atoms with Gasteiger partial charge in [-0.1, -0.05) is 0 Å². The van der Waals surface area contributed by atoms with Gasteiger partial charge in [-0.15, -0.1) is 0 Å². The summed E-state index contributed by atoms with van der Waals surface area (Å²) in [6.45, 7) is 1.67. The van der Waals surface area contributed by atoms with E-state index in [4.69, 9.17) is 0 Å². The zero-order chi connectivity index (χ0) is 10.1. The van der Waals surface area contributed by atoms with Crippen molar-refractivity contribution in [2.24, 2.45) is 0 Å². The van der Waals surface area contributed by atoms with Crippen LogP contribution in [0.3, 0.4) is 0 Å². The average molecular weight is 195 g/mol. The highest BCUT2D eigenvalue weighted by atomic mass is 19.1. The van der Waals surface area contributed by atoms with Gasteiger partial charge in [0, 0.05) is 6.07 Å². The van der Waals surface area contributed by atoms with Gasteiger partial charge in [0.2, 0.25) is 0 Å². The minimum Gasteiger partial charge on any atom is -0.220 e. The number of aryl methyl sites for hydroxylation is 1. The molecule has 0 radical (unpaired) electrons. The maximum atomic E-state index is 13.2. The van der Waals surface area contributed by atoms with Crippen LogP contribution >= 0.6 is 0 Å². The Balaban J connectivity index is 2.55. The molecule has 0 atom stereocenters. The lowest BCUT2D eigenvalue weighted by Gasteiger charge is -2.01. The summed E-state index contributed by atoms with van der Waals surface area (Å²) < 4.78 is 27.2. The van der Waals surface area contributed by atoms with Gasteiger partial charge in [0.25, 0.3) is 0 Å². The van der Waals surface area contributed by atoms with Crippen molar-refractivity contribution in [3.8, 4) is 5.69 Å². The molecule has 1 aromatic heterocycles. The van der Waals surface area contributed by atoms with E-state index >= 15 is 0 Å². The third-order valence-electron chi connectivity index (χ3n) is 1.76. The highest BCUT2D eigenvalue weighted by Crippen LogP contribution is 2.13. The number of benzene rings is 1. The molecule has 72 valence electrons. The van der Waals surface area contributed by atoms with Gasteiger partial charge in [0.1, 0.15) is 29.5 Å². The first-order valence-corrected chi connectivity index (χ1v) is 4.00. The Morgan fingerprint density at radius 1 is 1.29 bits per heavy atom. The normalized spacial score (nSPS) is 10.5. The minimum absolute atomic E-state index is 0.0607. The second kappa shape index (κ2) is 3.17. The van der Waals surface area contributed by atoms with Crippen molar-refractivity contribution in [1.82, 2.24) is 14.8 Å². The van der Waals surface area contributed by atoms with Gasteiger partial charge < -0.3 is 0 Å². The second-order valence-corrected chi connectivity index (χ2v) is 2.83. The average Bonchev–Trinajstić information content (AvgIpc) is 2.56. The van der Waals surface area contributed by atoms with Crippen molar-refractivity contribution in [3.63, 3.8) is 0 Å². The molecular weight excluding hydrogens is 188 g/mol. The van der Waals surface area contributed by atoms with E-state index in [9.17, 15) is 8.78 Å². The van der Waals surface area contributed by atoms with Gasteiger partial charge in [-0.2, -0.15) is 5.10 Å². The van der Waals surface area contributed by atoms with E-state index in [-0.39, 0.29) is 5.69 Å². The molecule has 14 heavy (non-hydrogen) atoms. The van der Waals surface area contributed by atoms with Gasteiger partial charge in [0.15, 0.2) is 0 Å². The number of hydrogen-bond acceptors (Lipinski definition) is 2. The van der Waals surface area contributed by atoms with Crippen LogP contribution in [0.5, 0.6) is 0 Å². The largest absolute Gasteiger partial charge is 0.220 e. The van der Waals surface area contributed by atoms with Crippen LogP contribution in [0.4, 0.5) is 8.78 Å². The molecule has 0 aliphatic heterocycles. The highest BCUT2D eigenvalue weighted by Gasteiger charge is 2.06. The summed E-state index contributed by atoms with van der Waals surface area (Å²) in [6.07, 6.45) is 1.34. The molecule has 2 rings (SSSR count). The standard InChI is InChI=1S/C9H7F2N3/c1-6-12-5-14(13-6)9-4-7(10)2-3-8(9)11/h2-5H,1H3. The molecule has 0 aliphatic rings. The van der Waals surface area contributed by atoms with E-state index < -0.39 is 11.6 Å². The fourth-order valence-electron chi connectivity index (χ4n) is 1.12. The van der Waals surface area contributed by atoms with Crippen molar-refractivity contribution in [2.45, 2.75) is 6.92 Å². The van der Waals surface area contributed by atoms with Crippen molar-refractivity contribution < 1.29 is 8.78 Å². The summed E-state index contributed by atoms with van der Waals surface area (Å²) in [5.41, 5.74) is 0.0607. The predicted molar refractivity (Wildman–Crippen MR) is 46.0 cm³/mol. The first kappa shape index (κ1) is 8.80. The van der Waals surface area contributed by atoms with Crippen molar-refractivity contribution in [2.75, 3.05) is 0 Å². The zero-order valence-electron chi connectivity index (χ0n) is 7.41. The minimum atomic E-state index is -0.531. The Bertz CT molecular complexity index is 465. The molecule has 0 saturated heterocycles. The molecule has 2 aromatic rings. The van der Waals surface area contributed by atoms with Crippen LogP contribution < -0.4 is 0 Å². The second-order valence-electron chi connectivity index (χ2n) is 2.83. The molecule has 0 unspecified atom stereocenters. The van der Waals surface area contributed by atoms with Gasteiger partial charge in [-0.3, -0.25) is 0 Å². The molecule has 1 heterocycles. The SMILES string of the molecule is Cc1ncn(-c2cc(F)ccc2F)n1. The Hall–Kier alpha value is -1.78. The summed E-state index contributed by atoms with van der Waals surface area (Å²) in [5.74, 6) is -0.528. The van der Waals surface area contributed by atoms with Gasteiger partial charge in [-0.05, 0) is 19.1 Å². The van der Waals surface area contributed by atoms with Gasteiger partial charge in [0.05, 0.1) is 0 Å². The molecule has 0 amide bonds. The summed E-state index contributed by atoms with van der Waals surface area (Å²) in [4.78, 5) is 3.83. The van der Waals surface area contributed by atoms with Crippen LogP contribution in [-0.2, 0) is 0 Å². The number of hydrogen-bond donors (Lipinski definition) is 0. The maximum absolute atomic E-state index is 13.2. The summed E-state index contributed by atoms with van der Waals surface area (Å²) >= 11 is 0. The van der Waals surface area contributed by atoms with Gasteiger partial charge in [-0.25, -0.2) is 18.4 Å². The fraction of sp³-hybridized carbons (Fsp3) is 0.111. The number of halogens is 2. The monoisotopic (exact) mass is 195 g/mol. The number of aromatic nitrogens is 3. The molecule has 0 spiro atoms. The van der Waals surface area contributed by atoms with E-state index in [1.165, 1.54) is 11.0 Å². The van der Waals surface area contributed by atoms with E-state index in [2.05, 4.69) is 10.1 Å². The third-order valence-corrected chi connectivity index (χ3v) is 1.76. The molecule has 0 saturated carbocycles. The quantitative estimate of drug-likeness (QED) is 0.695.